The number of aryl methyl sites for hydroxylation is 1. The molecular formula is C19H22N2O3. The molecule has 2 rings (SSSR count). The first-order chi connectivity index (χ1) is 11.6. The number of nitrogens with one attached hydrogen (secondary N) is 2. The van der Waals surface area contributed by atoms with E-state index in [9.17, 15) is 9.59 Å². The monoisotopic (exact) mass is 326 g/mol. The summed E-state index contributed by atoms with van der Waals surface area (Å²) < 4.78 is 4.66. The highest BCUT2D eigenvalue weighted by Crippen LogP contribution is 2.11. The van der Waals surface area contributed by atoms with Gasteiger partial charge in [0.2, 0.25) is 5.91 Å². The van der Waals surface area contributed by atoms with Crippen LogP contribution < -0.4 is 10.6 Å². The van der Waals surface area contributed by atoms with Crippen molar-refractivity contribution in [2.75, 3.05) is 19.0 Å². The molecule has 0 fully saturated rings. The van der Waals surface area contributed by atoms with Gasteiger partial charge in [-0.1, -0.05) is 35.9 Å². The molecule has 2 N–H and O–H groups in total. The maximum atomic E-state index is 12.0. The quantitative estimate of drug-likeness (QED) is 0.606. The molecule has 0 heterocycles. The molecule has 0 aromatic heterocycles. The summed E-state index contributed by atoms with van der Waals surface area (Å²) in [6, 6.07) is 14.9. The lowest BCUT2D eigenvalue weighted by molar-refractivity contribution is -0.116. The molecule has 0 aliphatic carbocycles. The van der Waals surface area contributed by atoms with Gasteiger partial charge in [0.05, 0.1) is 12.7 Å². The van der Waals surface area contributed by atoms with Gasteiger partial charge in [0.15, 0.2) is 0 Å². The second-order valence-electron chi connectivity index (χ2n) is 5.54. The van der Waals surface area contributed by atoms with Crippen LogP contribution in [0, 0.1) is 6.92 Å². The van der Waals surface area contributed by atoms with E-state index in [1.807, 2.05) is 6.07 Å². The number of hydrogen-bond acceptors (Lipinski definition) is 4. The molecule has 5 heteroatoms. The fourth-order valence-corrected chi connectivity index (χ4v) is 2.32. The van der Waals surface area contributed by atoms with Crippen LogP contribution >= 0.6 is 0 Å². The Hall–Kier alpha value is -2.66. The van der Waals surface area contributed by atoms with Crippen LogP contribution in [0.15, 0.2) is 48.5 Å². The predicted molar refractivity (Wildman–Crippen MR) is 93.9 cm³/mol. The molecule has 0 unspecified atom stereocenters. The smallest absolute Gasteiger partial charge is 0.337 e. The fourth-order valence-electron chi connectivity index (χ4n) is 2.32. The number of carbonyl (C=O) groups excluding carboxylic acids is 2. The number of benzene rings is 2. The van der Waals surface area contributed by atoms with Crippen LogP contribution in [0.25, 0.3) is 0 Å². The third-order valence-electron chi connectivity index (χ3n) is 3.51. The Morgan fingerprint density at radius 3 is 2.62 bits per heavy atom. The largest absolute Gasteiger partial charge is 0.465 e. The number of rotatable bonds is 7. The molecule has 0 saturated heterocycles. The van der Waals surface area contributed by atoms with E-state index in [0.29, 0.717) is 24.2 Å². The summed E-state index contributed by atoms with van der Waals surface area (Å²) in [6.45, 7) is 3.36. The highest BCUT2D eigenvalue weighted by molar-refractivity contribution is 5.94. The first-order valence-corrected chi connectivity index (χ1v) is 7.83. The Morgan fingerprint density at radius 1 is 1.08 bits per heavy atom. The van der Waals surface area contributed by atoms with E-state index >= 15 is 0 Å². The second-order valence-corrected chi connectivity index (χ2v) is 5.54. The van der Waals surface area contributed by atoms with E-state index in [1.165, 1.54) is 18.2 Å². The third-order valence-corrected chi connectivity index (χ3v) is 3.51. The average Bonchev–Trinajstić information content (AvgIpc) is 2.58. The Balaban J connectivity index is 1.76. The van der Waals surface area contributed by atoms with Crippen molar-refractivity contribution in [3.8, 4) is 0 Å². The van der Waals surface area contributed by atoms with Crippen molar-refractivity contribution >= 4 is 17.6 Å². The molecule has 0 atom stereocenters. The van der Waals surface area contributed by atoms with Crippen LogP contribution in [0.4, 0.5) is 5.69 Å². The van der Waals surface area contributed by atoms with Crippen molar-refractivity contribution in [3.63, 3.8) is 0 Å². The molecule has 0 aliphatic rings. The van der Waals surface area contributed by atoms with E-state index in [4.69, 9.17) is 0 Å². The van der Waals surface area contributed by atoms with Crippen molar-refractivity contribution in [1.29, 1.82) is 0 Å². The van der Waals surface area contributed by atoms with Gasteiger partial charge in [0.1, 0.15) is 0 Å². The molecule has 0 aliphatic heterocycles. The average molecular weight is 326 g/mol. The summed E-state index contributed by atoms with van der Waals surface area (Å²) in [7, 11) is 1.33. The number of hydrogen-bond donors (Lipinski definition) is 2. The van der Waals surface area contributed by atoms with Gasteiger partial charge in [0, 0.05) is 25.2 Å². The maximum absolute atomic E-state index is 12.0. The lowest BCUT2D eigenvalue weighted by Crippen LogP contribution is -2.21. The van der Waals surface area contributed by atoms with Crippen LogP contribution in [0.1, 0.15) is 27.9 Å². The Morgan fingerprint density at radius 2 is 1.88 bits per heavy atom. The van der Waals surface area contributed by atoms with Gasteiger partial charge >= 0.3 is 5.97 Å². The van der Waals surface area contributed by atoms with Crippen molar-refractivity contribution < 1.29 is 14.3 Å². The van der Waals surface area contributed by atoms with E-state index in [2.05, 4.69) is 40.5 Å². The molecule has 2 aromatic carbocycles. The lowest BCUT2D eigenvalue weighted by Gasteiger charge is -2.08. The molecule has 0 bridgehead atoms. The van der Waals surface area contributed by atoms with E-state index in [1.54, 1.807) is 24.3 Å². The minimum absolute atomic E-state index is 0.103. The van der Waals surface area contributed by atoms with E-state index in [-0.39, 0.29) is 5.91 Å². The highest BCUT2D eigenvalue weighted by atomic mass is 16.5. The standard InChI is InChI=1S/C19H22N2O3/c1-14-5-3-6-15(11-14)13-20-10-9-18(22)21-17-8-4-7-16(12-17)19(23)24-2/h3-8,11-12,20H,9-10,13H2,1-2H3,(H,21,22). The summed E-state index contributed by atoms with van der Waals surface area (Å²) in [5, 5.41) is 6.03. The van der Waals surface area contributed by atoms with Gasteiger partial charge in [-0.15, -0.1) is 0 Å². The normalized spacial score (nSPS) is 10.2. The van der Waals surface area contributed by atoms with Crippen molar-refractivity contribution in [2.24, 2.45) is 0 Å². The number of ether oxygens (including phenoxy) is 1. The minimum atomic E-state index is -0.425. The number of methoxy groups -OCH3 is 1. The van der Waals surface area contributed by atoms with Gasteiger partial charge in [0.25, 0.3) is 0 Å². The molecule has 2 aromatic rings. The molecule has 24 heavy (non-hydrogen) atoms. The molecule has 126 valence electrons. The first-order valence-electron chi connectivity index (χ1n) is 7.83. The summed E-state index contributed by atoms with van der Waals surface area (Å²) in [5.41, 5.74) is 3.41. The van der Waals surface area contributed by atoms with Gasteiger partial charge in [-0.3, -0.25) is 4.79 Å². The number of anilines is 1. The summed E-state index contributed by atoms with van der Waals surface area (Å²) in [4.78, 5) is 23.4. The summed E-state index contributed by atoms with van der Waals surface area (Å²) >= 11 is 0. The number of carbonyl (C=O) groups is 2. The van der Waals surface area contributed by atoms with E-state index < -0.39 is 5.97 Å². The van der Waals surface area contributed by atoms with Crippen molar-refractivity contribution in [1.82, 2.24) is 5.32 Å². The number of amides is 1. The van der Waals surface area contributed by atoms with E-state index in [0.717, 1.165) is 6.54 Å². The number of esters is 1. The molecule has 0 spiro atoms. The van der Waals surface area contributed by atoms with Crippen LogP contribution in [0.3, 0.4) is 0 Å². The van der Waals surface area contributed by atoms with Crippen LogP contribution in [-0.2, 0) is 16.1 Å². The van der Waals surface area contributed by atoms with Gasteiger partial charge < -0.3 is 15.4 Å². The molecular weight excluding hydrogens is 304 g/mol. The lowest BCUT2D eigenvalue weighted by atomic mass is 10.1. The third kappa shape index (κ3) is 5.52. The van der Waals surface area contributed by atoms with Crippen LogP contribution in [0.2, 0.25) is 0 Å². The van der Waals surface area contributed by atoms with Gasteiger partial charge in [-0.05, 0) is 30.7 Å². The summed E-state index contributed by atoms with van der Waals surface area (Å²) in [6.07, 6.45) is 0.355. The second kappa shape index (κ2) is 8.84. The van der Waals surface area contributed by atoms with Gasteiger partial charge in [-0.2, -0.15) is 0 Å². The molecule has 5 nitrogen and oxygen atoms in total. The molecule has 0 radical (unpaired) electrons. The SMILES string of the molecule is COC(=O)c1cccc(NC(=O)CCNCc2cccc(C)c2)c1. The fraction of sp³-hybridized carbons (Fsp3) is 0.263. The van der Waals surface area contributed by atoms with Crippen molar-refractivity contribution in [3.05, 3.63) is 65.2 Å². The maximum Gasteiger partial charge on any atom is 0.337 e. The molecule has 1 amide bonds. The zero-order valence-corrected chi connectivity index (χ0v) is 14.0. The van der Waals surface area contributed by atoms with Crippen molar-refractivity contribution in [2.45, 2.75) is 19.9 Å². The molecule has 0 saturated carbocycles. The van der Waals surface area contributed by atoms with Crippen LogP contribution in [-0.4, -0.2) is 25.5 Å². The highest BCUT2D eigenvalue weighted by Gasteiger charge is 2.07. The zero-order valence-electron chi connectivity index (χ0n) is 14.0. The Bertz CT molecular complexity index is 713. The van der Waals surface area contributed by atoms with Crippen LogP contribution in [0.5, 0.6) is 0 Å². The van der Waals surface area contributed by atoms with Gasteiger partial charge in [-0.25, -0.2) is 4.79 Å². The predicted octanol–water partition coefficient (Wildman–Crippen LogP) is 2.90. The Kier molecular flexibility index (Phi) is 6.51. The first kappa shape index (κ1) is 17.7. The minimum Gasteiger partial charge on any atom is -0.465 e. The summed E-state index contributed by atoms with van der Waals surface area (Å²) in [5.74, 6) is -0.528. The Labute approximate surface area is 142 Å². The zero-order chi connectivity index (χ0) is 17.4. The topological polar surface area (TPSA) is 67.4 Å².